The molecule has 0 bridgehead atoms. The van der Waals surface area contributed by atoms with E-state index in [0.717, 1.165) is 6.20 Å². The quantitative estimate of drug-likeness (QED) is 0.907. The molecule has 0 amide bonds. The summed E-state index contributed by atoms with van der Waals surface area (Å²) in [5, 5.41) is 13.0. The Morgan fingerprint density at radius 1 is 1.14 bits per heavy atom. The summed E-state index contributed by atoms with van der Waals surface area (Å²) in [6, 6.07) is 1.71. The lowest BCUT2D eigenvalue weighted by Gasteiger charge is -2.13. The van der Waals surface area contributed by atoms with Gasteiger partial charge < -0.3 is 10.6 Å². The minimum Gasteiger partial charge on any atom is -0.372 e. The molecular weight excluding hydrogens is 285 g/mol. The normalized spacial score (nSPS) is 11.3. The molecule has 21 heavy (non-hydrogen) atoms. The van der Waals surface area contributed by atoms with E-state index in [2.05, 4.69) is 30.8 Å². The van der Waals surface area contributed by atoms with Crippen molar-refractivity contribution < 1.29 is 13.2 Å². The zero-order valence-corrected chi connectivity index (χ0v) is 11.6. The van der Waals surface area contributed by atoms with Gasteiger partial charge in [0.05, 0.1) is 17.1 Å². The van der Waals surface area contributed by atoms with Crippen LogP contribution in [0.4, 0.5) is 30.6 Å². The predicted octanol–water partition coefficient (Wildman–Crippen LogP) is 2.69. The highest BCUT2D eigenvalue weighted by Crippen LogP contribution is 2.33. The molecule has 0 unspecified atom stereocenters. The Kier molecular flexibility index (Phi) is 3.92. The molecule has 6 nitrogen and oxygen atoms in total. The van der Waals surface area contributed by atoms with Gasteiger partial charge in [0.25, 0.3) is 0 Å². The van der Waals surface area contributed by atoms with E-state index in [0.29, 0.717) is 17.1 Å². The largest absolute Gasteiger partial charge is 0.421 e. The second kappa shape index (κ2) is 5.51. The Bertz CT molecular complexity index is 656. The van der Waals surface area contributed by atoms with Crippen LogP contribution >= 0.6 is 0 Å². The number of halogens is 3. The molecule has 2 aromatic rings. The highest BCUT2D eigenvalue weighted by molar-refractivity contribution is 5.58. The zero-order chi connectivity index (χ0) is 15.6. The summed E-state index contributed by atoms with van der Waals surface area (Å²) >= 11 is 0. The topological polar surface area (TPSA) is 75.6 Å². The third-order valence-electron chi connectivity index (χ3n) is 2.68. The summed E-state index contributed by atoms with van der Waals surface area (Å²) in [5.74, 6) is -0.251. The molecule has 0 saturated carbocycles. The lowest BCUT2D eigenvalue weighted by atomic mass is 10.3. The Morgan fingerprint density at radius 3 is 2.48 bits per heavy atom. The first kappa shape index (κ1) is 14.9. The van der Waals surface area contributed by atoms with Crippen LogP contribution in [0.2, 0.25) is 0 Å². The molecule has 2 rings (SSSR count). The Hall–Kier alpha value is -2.45. The Labute approximate surface area is 118 Å². The second-order valence-corrected chi connectivity index (χ2v) is 4.31. The van der Waals surface area contributed by atoms with Crippen LogP contribution in [0.1, 0.15) is 17.0 Å². The van der Waals surface area contributed by atoms with Crippen molar-refractivity contribution in [3.8, 4) is 0 Å². The molecule has 0 aliphatic carbocycles. The minimum absolute atomic E-state index is 0.0443. The Morgan fingerprint density at radius 2 is 1.86 bits per heavy atom. The standard InChI is InChI=1S/C12H13F3N6/c1-6-4-9(7(2)21-20-6)18-11-17-5-8(12(13,14)15)10(16-3)19-11/h4-5H,1-3H3,(H2,16,17,18,19,20). The fourth-order valence-electron chi connectivity index (χ4n) is 1.64. The van der Waals surface area contributed by atoms with Crippen LogP contribution in [0.5, 0.6) is 0 Å². The summed E-state index contributed by atoms with van der Waals surface area (Å²) in [4.78, 5) is 7.51. The van der Waals surface area contributed by atoms with Crippen molar-refractivity contribution in [1.29, 1.82) is 0 Å². The molecule has 0 fully saturated rings. The van der Waals surface area contributed by atoms with Crippen molar-refractivity contribution in [2.24, 2.45) is 0 Å². The maximum atomic E-state index is 12.8. The molecule has 9 heteroatoms. The first-order chi connectivity index (χ1) is 9.81. The predicted molar refractivity (Wildman–Crippen MR) is 71.4 cm³/mol. The summed E-state index contributed by atoms with van der Waals surface area (Å²) in [6.45, 7) is 3.47. The monoisotopic (exact) mass is 298 g/mol. The van der Waals surface area contributed by atoms with Crippen LogP contribution in [-0.4, -0.2) is 27.2 Å². The summed E-state index contributed by atoms with van der Waals surface area (Å²) < 4.78 is 38.3. The summed E-state index contributed by atoms with van der Waals surface area (Å²) in [7, 11) is 1.37. The van der Waals surface area contributed by atoms with Gasteiger partial charge in [0.1, 0.15) is 11.4 Å². The van der Waals surface area contributed by atoms with Crippen LogP contribution in [0.25, 0.3) is 0 Å². The lowest BCUT2D eigenvalue weighted by Crippen LogP contribution is -2.13. The van der Waals surface area contributed by atoms with Crippen molar-refractivity contribution in [3.05, 3.63) is 29.2 Å². The number of anilines is 3. The number of aryl methyl sites for hydroxylation is 2. The van der Waals surface area contributed by atoms with Gasteiger partial charge in [-0.05, 0) is 19.9 Å². The van der Waals surface area contributed by atoms with E-state index in [9.17, 15) is 13.2 Å². The average Bonchev–Trinajstić information content (AvgIpc) is 2.41. The first-order valence-electron chi connectivity index (χ1n) is 6.01. The van der Waals surface area contributed by atoms with Crippen LogP contribution < -0.4 is 10.6 Å². The molecule has 0 spiro atoms. The molecule has 2 N–H and O–H groups in total. The number of rotatable bonds is 3. The summed E-state index contributed by atoms with van der Waals surface area (Å²) in [5.41, 5.74) is 0.930. The third-order valence-corrected chi connectivity index (χ3v) is 2.68. The molecule has 0 aliphatic rings. The molecule has 0 aromatic carbocycles. The molecular formula is C12H13F3N6. The molecule has 112 valence electrons. The summed E-state index contributed by atoms with van der Waals surface area (Å²) in [6.07, 6.45) is -3.78. The molecule has 2 heterocycles. The number of aromatic nitrogens is 4. The maximum Gasteiger partial charge on any atom is 0.421 e. The Balaban J connectivity index is 2.36. The number of hydrogen-bond donors (Lipinski definition) is 2. The number of nitrogens with one attached hydrogen (secondary N) is 2. The highest BCUT2D eigenvalue weighted by Gasteiger charge is 2.35. The van der Waals surface area contributed by atoms with Gasteiger partial charge in [-0.2, -0.15) is 28.4 Å². The van der Waals surface area contributed by atoms with Crippen molar-refractivity contribution in [2.75, 3.05) is 17.7 Å². The smallest absolute Gasteiger partial charge is 0.372 e. The van der Waals surface area contributed by atoms with Gasteiger partial charge in [-0.1, -0.05) is 0 Å². The van der Waals surface area contributed by atoms with Gasteiger partial charge in [-0.3, -0.25) is 0 Å². The number of hydrogen-bond acceptors (Lipinski definition) is 6. The fourth-order valence-corrected chi connectivity index (χ4v) is 1.64. The van der Waals surface area contributed by atoms with E-state index < -0.39 is 11.7 Å². The highest BCUT2D eigenvalue weighted by atomic mass is 19.4. The number of alkyl halides is 3. The third kappa shape index (κ3) is 3.36. The van der Waals surface area contributed by atoms with Gasteiger partial charge in [0.2, 0.25) is 5.95 Å². The van der Waals surface area contributed by atoms with Crippen molar-refractivity contribution in [3.63, 3.8) is 0 Å². The molecule has 0 saturated heterocycles. The van der Waals surface area contributed by atoms with Crippen LogP contribution in [0.15, 0.2) is 12.3 Å². The van der Waals surface area contributed by atoms with Crippen molar-refractivity contribution in [2.45, 2.75) is 20.0 Å². The van der Waals surface area contributed by atoms with Gasteiger partial charge in [0, 0.05) is 13.2 Å². The van der Waals surface area contributed by atoms with E-state index in [1.807, 2.05) is 0 Å². The maximum absolute atomic E-state index is 12.8. The van der Waals surface area contributed by atoms with E-state index in [-0.39, 0.29) is 11.8 Å². The number of nitrogens with zero attached hydrogens (tertiary/aromatic N) is 4. The van der Waals surface area contributed by atoms with Crippen molar-refractivity contribution in [1.82, 2.24) is 20.2 Å². The van der Waals surface area contributed by atoms with Gasteiger partial charge in [0.15, 0.2) is 0 Å². The van der Waals surface area contributed by atoms with Gasteiger partial charge in [-0.15, -0.1) is 0 Å². The van der Waals surface area contributed by atoms with Gasteiger partial charge >= 0.3 is 6.18 Å². The van der Waals surface area contributed by atoms with E-state index in [1.54, 1.807) is 19.9 Å². The minimum atomic E-state index is -4.51. The first-order valence-corrected chi connectivity index (χ1v) is 6.01. The van der Waals surface area contributed by atoms with Crippen LogP contribution in [0, 0.1) is 13.8 Å². The van der Waals surface area contributed by atoms with E-state index in [1.165, 1.54) is 7.05 Å². The SMILES string of the molecule is CNc1nc(Nc2cc(C)nnc2C)ncc1C(F)(F)F. The van der Waals surface area contributed by atoms with E-state index in [4.69, 9.17) is 0 Å². The molecule has 0 aliphatic heterocycles. The molecule has 0 radical (unpaired) electrons. The van der Waals surface area contributed by atoms with Crippen LogP contribution in [0.3, 0.4) is 0 Å². The molecule has 2 aromatic heterocycles. The molecule has 0 atom stereocenters. The zero-order valence-electron chi connectivity index (χ0n) is 11.6. The van der Waals surface area contributed by atoms with E-state index >= 15 is 0 Å². The van der Waals surface area contributed by atoms with Crippen LogP contribution in [-0.2, 0) is 6.18 Å². The second-order valence-electron chi connectivity index (χ2n) is 4.31. The van der Waals surface area contributed by atoms with Crippen molar-refractivity contribution >= 4 is 17.5 Å². The van der Waals surface area contributed by atoms with Gasteiger partial charge in [-0.25, -0.2) is 4.98 Å². The fraction of sp³-hybridized carbons (Fsp3) is 0.333. The average molecular weight is 298 g/mol. The lowest BCUT2D eigenvalue weighted by molar-refractivity contribution is -0.137.